The highest BCUT2D eigenvalue weighted by molar-refractivity contribution is 6.13. The lowest BCUT2D eigenvalue weighted by atomic mass is 9.91. The Morgan fingerprint density at radius 1 is 0.508 bits per heavy atom. The molecule has 0 amide bonds. The van der Waals surface area contributed by atoms with Gasteiger partial charge in [-0.15, -0.1) is 0 Å². The van der Waals surface area contributed by atoms with Gasteiger partial charge in [0.1, 0.15) is 0 Å². The molecule has 0 unspecified atom stereocenters. The van der Waals surface area contributed by atoms with E-state index in [4.69, 9.17) is 9.98 Å². The van der Waals surface area contributed by atoms with Crippen molar-refractivity contribution in [2.75, 3.05) is 0 Å². The summed E-state index contributed by atoms with van der Waals surface area (Å²) < 4.78 is 2.41. The van der Waals surface area contributed by atoms with E-state index in [-0.39, 0.29) is 0 Å². The van der Waals surface area contributed by atoms with Gasteiger partial charge in [0, 0.05) is 27.6 Å². The number of allylic oxidation sites excluding steroid dienone is 4. The number of benzene rings is 8. The molecule has 0 N–H and O–H groups in total. The molecule has 1 heterocycles. The smallest absolute Gasteiger partial charge is 0.161 e. The van der Waals surface area contributed by atoms with Crippen LogP contribution in [0.5, 0.6) is 0 Å². The van der Waals surface area contributed by atoms with Crippen LogP contribution in [-0.4, -0.2) is 23.0 Å². The Morgan fingerprint density at radius 2 is 1.24 bits per heavy atom. The normalized spacial score (nSPS) is 13.6. The standard InChI is InChI=1S/C59H44N4/c1-60-58(62-59(42-18-6-3-7-19-42)61-39-40-30-31-46-36-45-20-8-9-27-52(45)55(46)34-40)48-23-14-21-43(35-48)44-22-15-24-49(37-44)63-56-29-13-12-28-53(56)54-33-32-47(38-57(54)63)51-26-11-10-25-50(51)41-16-4-2-5-17-41/h3-4,6-35,37-38H,1-2,5,36,39H2. The van der Waals surface area contributed by atoms with E-state index in [1.807, 2.05) is 36.4 Å². The van der Waals surface area contributed by atoms with Crippen molar-refractivity contribution in [1.82, 2.24) is 4.57 Å². The second-order valence-corrected chi connectivity index (χ2v) is 16.3. The summed E-state index contributed by atoms with van der Waals surface area (Å²) in [5.41, 5.74) is 18.9. The van der Waals surface area contributed by atoms with Gasteiger partial charge in [-0.1, -0.05) is 170 Å². The molecule has 0 saturated heterocycles. The van der Waals surface area contributed by atoms with Crippen LogP contribution in [0.15, 0.2) is 221 Å². The van der Waals surface area contributed by atoms with Gasteiger partial charge in [0.2, 0.25) is 0 Å². The van der Waals surface area contributed by atoms with E-state index in [1.54, 1.807) is 0 Å². The molecule has 11 rings (SSSR count). The SMILES string of the molecule is C=NC(=NC(=NCc1ccc2c(c1)-c1ccccc1C2)c1ccccc1)c1cccc(-c2cccc(-n3c4ccccc4c4ccc(-c5ccccc5C5=CCCC=C5)cc43)c2)c1. The van der Waals surface area contributed by atoms with Crippen molar-refractivity contribution in [3.8, 4) is 39.1 Å². The molecular weight excluding hydrogens is 765 g/mol. The van der Waals surface area contributed by atoms with Gasteiger partial charge in [-0.3, -0.25) is 4.99 Å². The topological polar surface area (TPSA) is 42.0 Å². The van der Waals surface area contributed by atoms with Crippen LogP contribution >= 0.6 is 0 Å². The van der Waals surface area contributed by atoms with Crippen LogP contribution < -0.4 is 0 Å². The largest absolute Gasteiger partial charge is 0.309 e. The Balaban J connectivity index is 0.954. The molecule has 2 aliphatic carbocycles. The van der Waals surface area contributed by atoms with Crippen molar-refractivity contribution in [1.29, 1.82) is 0 Å². The molecular formula is C59H44N4. The number of hydrogen-bond acceptors (Lipinski definition) is 1. The zero-order valence-electron chi connectivity index (χ0n) is 35.0. The monoisotopic (exact) mass is 808 g/mol. The molecule has 0 saturated carbocycles. The van der Waals surface area contributed by atoms with Crippen LogP contribution in [0.4, 0.5) is 0 Å². The summed E-state index contributed by atoms with van der Waals surface area (Å²) in [5, 5.41) is 2.46. The van der Waals surface area contributed by atoms with Gasteiger partial charge >= 0.3 is 0 Å². The Labute approximate surface area is 368 Å². The lowest BCUT2D eigenvalue weighted by Gasteiger charge is -2.14. The zero-order chi connectivity index (χ0) is 42.1. The molecule has 9 aromatic rings. The van der Waals surface area contributed by atoms with Crippen LogP contribution in [-0.2, 0) is 13.0 Å². The van der Waals surface area contributed by atoms with Crippen LogP contribution in [0, 0.1) is 0 Å². The molecule has 1 aromatic heterocycles. The molecule has 300 valence electrons. The van der Waals surface area contributed by atoms with Crippen LogP contribution in [0.25, 0.3) is 66.4 Å². The minimum atomic E-state index is 0.493. The first kappa shape index (κ1) is 38.0. The fourth-order valence-corrected chi connectivity index (χ4v) is 9.38. The summed E-state index contributed by atoms with van der Waals surface area (Å²) in [4.78, 5) is 14.7. The second-order valence-electron chi connectivity index (χ2n) is 16.3. The zero-order valence-corrected chi connectivity index (χ0v) is 35.0. The summed E-state index contributed by atoms with van der Waals surface area (Å²) in [6.45, 7) is 4.48. The molecule has 2 aliphatic rings. The fraction of sp³-hybridized carbons (Fsp3) is 0.0678. The fourth-order valence-electron chi connectivity index (χ4n) is 9.38. The Kier molecular flexibility index (Phi) is 9.95. The van der Waals surface area contributed by atoms with Crippen molar-refractivity contribution in [3.63, 3.8) is 0 Å². The van der Waals surface area contributed by atoms with Crippen molar-refractivity contribution < 1.29 is 0 Å². The molecule has 4 heteroatoms. The lowest BCUT2D eigenvalue weighted by molar-refractivity contribution is 1.04. The second kappa shape index (κ2) is 16.5. The molecule has 0 spiro atoms. The van der Waals surface area contributed by atoms with Gasteiger partial charge in [0.15, 0.2) is 11.7 Å². The quantitative estimate of drug-likeness (QED) is 0.108. The summed E-state index contributed by atoms with van der Waals surface area (Å²) in [7, 11) is 0. The Bertz CT molecular complexity index is 3360. The predicted octanol–water partition coefficient (Wildman–Crippen LogP) is 14.5. The number of aliphatic imine (C=N–C) groups is 3. The molecule has 0 aliphatic heterocycles. The number of fused-ring (bicyclic) bond motifs is 6. The summed E-state index contributed by atoms with van der Waals surface area (Å²) in [5.74, 6) is 1.14. The average Bonchev–Trinajstić information content (AvgIpc) is 3.90. The summed E-state index contributed by atoms with van der Waals surface area (Å²) >= 11 is 0. The lowest BCUT2D eigenvalue weighted by Crippen LogP contribution is -2.05. The van der Waals surface area contributed by atoms with E-state index >= 15 is 0 Å². The van der Waals surface area contributed by atoms with Crippen LogP contribution in [0.2, 0.25) is 0 Å². The first-order chi connectivity index (χ1) is 31.2. The van der Waals surface area contributed by atoms with E-state index in [0.29, 0.717) is 18.2 Å². The Hall–Kier alpha value is -7.95. The van der Waals surface area contributed by atoms with E-state index in [9.17, 15) is 0 Å². The summed E-state index contributed by atoms with van der Waals surface area (Å²) in [6.07, 6.45) is 10.0. The van der Waals surface area contributed by atoms with E-state index < -0.39 is 0 Å². The number of nitrogens with zero attached hydrogens (tertiary/aromatic N) is 4. The van der Waals surface area contributed by atoms with Gasteiger partial charge in [0.05, 0.1) is 17.6 Å². The van der Waals surface area contributed by atoms with Crippen molar-refractivity contribution in [2.45, 2.75) is 25.8 Å². The maximum Gasteiger partial charge on any atom is 0.161 e. The van der Waals surface area contributed by atoms with Gasteiger partial charge in [-0.05, 0) is 124 Å². The van der Waals surface area contributed by atoms with Crippen molar-refractivity contribution in [2.24, 2.45) is 15.0 Å². The van der Waals surface area contributed by atoms with Crippen molar-refractivity contribution >= 4 is 45.8 Å². The number of rotatable bonds is 8. The molecule has 63 heavy (non-hydrogen) atoms. The number of aromatic nitrogens is 1. The van der Waals surface area contributed by atoms with Gasteiger partial charge < -0.3 is 4.57 Å². The highest BCUT2D eigenvalue weighted by Crippen LogP contribution is 2.39. The number of para-hydroxylation sites is 1. The highest BCUT2D eigenvalue weighted by atomic mass is 15.0. The van der Waals surface area contributed by atoms with Crippen molar-refractivity contribution in [3.05, 3.63) is 240 Å². The van der Waals surface area contributed by atoms with E-state index in [0.717, 1.165) is 52.8 Å². The molecule has 0 bridgehead atoms. The van der Waals surface area contributed by atoms with Gasteiger partial charge in [-0.25, -0.2) is 9.98 Å². The third-order valence-corrected chi connectivity index (χ3v) is 12.4. The van der Waals surface area contributed by atoms with Crippen LogP contribution in [0.1, 0.15) is 46.2 Å². The van der Waals surface area contributed by atoms with E-state index in [1.165, 1.54) is 66.3 Å². The predicted molar refractivity (Wildman–Crippen MR) is 265 cm³/mol. The molecule has 0 radical (unpaired) electrons. The molecule has 0 atom stereocenters. The third-order valence-electron chi connectivity index (χ3n) is 12.4. The first-order valence-corrected chi connectivity index (χ1v) is 21.7. The average molecular weight is 809 g/mol. The minimum absolute atomic E-state index is 0.493. The molecule has 0 fully saturated rings. The summed E-state index contributed by atoms with van der Waals surface area (Å²) in [6, 6.07) is 67.2. The van der Waals surface area contributed by atoms with Gasteiger partial charge in [-0.2, -0.15) is 0 Å². The van der Waals surface area contributed by atoms with Crippen LogP contribution in [0.3, 0.4) is 0 Å². The minimum Gasteiger partial charge on any atom is -0.309 e. The van der Waals surface area contributed by atoms with Gasteiger partial charge in [0.25, 0.3) is 0 Å². The number of hydrogen-bond donors (Lipinski definition) is 0. The highest BCUT2D eigenvalue weighted by Gasteiger charge is 2.19. The number of amidine groups is 2. The third kappa shape index (κ3) is 7.26. The Morgan fingerprint density at radius 3 is 2.10 bits per heavy atom. The molecule has 4 nitrogen and oxygen atoms in total. The molecule has 8 aromatic carbocycles. The van der Waals surface area contributed by atoms with E-state index in [2.05, 4.69) is 186 Å². The maximum absolute atomic E-state index is 5.12. The maximum atomic E-state index is 5.12. The first-order valence-electron chi connectivity index (χ1n) is 21.7.